The van der Waals surface area contributed by atoms with Crippen molar-refractivity contribution in [2.75, 3.05) is 17.3 Å². The fourth-order valence-electron chi connectivity index (χ4n) is 3.44. The molecular weight excluding hydrogens is 365 g/mol. The molecule has 0 saturated carbocycles. The summed E-state index contributed by atoms with van der Waals surface area (Å²) in [6, 6.07) is 12.3. The van der Waals surface area contributed by atoms with E-state index in [0.29, 0.717) is 5.69 Å². The lowest BCUT2D eigenvalue weighted by atomic mass is 9.88. The summed E-state index contributed by atoms with van der Waals surface area (Å²) in [6.45, 7) is 8.05. The van der Waals surface area contributed by atoms with Crippen LogP contribution in [0.15, 0.2) is 48.0 Å². The third kappa shape index (κ3) is 4.07. The Morgan fingerprint density at radius 3 is 2.48 bits per heavy atom. The number of rotatable bonds is 3. The van der Waals surface area contributed by atoms with Crippen LogP contribution in [0.25, 0.3) is 11.6 Å². The van der Waals surface area contributed by atoms with Gasteiger partial charge in [-0.25, -0.2) is 4.39 Å². The highest BCUT2D eigenvalue weighted by Gasteiger charge is 2.29. The van der Waals surface area contributed by atoms with Gasteiger partial charge in [0.25, 0.3) is 5.91 Å². The standard InChI is InChI=1S/C24H24FN3O/c1-15-6-8-19(9-7-15)27-23(29)18(14-26)10-17-11-20-16(2)13-24(3,4)28(5)22(20)12-21(17)25/h6-13H,1-5H3,(H,27,29)/b18-10+. The fourth-order valence-corrected chi connectivity index (χ4v) is 3.44. The molecule has 148 valence electrons. The molecule has 0 fully saturated rings. The van der Waals surface area contributed by atoms with E-state index in [1.54, 1.807) is 18.2 Å². The first kappa shape index (κ1) is 20.3. The van der Waals surface area contributed by atoms with Crippen LogP contribution >= 0.6 is 0 Å². The lowest BCUT2D eigenvalue weighted by molar-refractivity contribution is -0.112. The Bertz CT molecular complexity index is 1070. The van der Waals surface area contributed by atoms with Crippen molar-refractivity contribution in [1.29, 1.82) is 5.26 Å². The van der Waals surface area contributed by atoms with Crippen LogP contribution < -0.4 is 10.2 Å². The Labute approximate surface area is 171 Å². The average Bonchev–Trinajstić information content (AvgIpc) is 2.66. The number of benzene rings is 2. The minimum absolute atomic E-state index is 0.157. The number of nitriles is 1. The first-order valence-electron chi connectivity index (χ1n) is 9.39. The maximum absolute atomic E-state index is 14.8. The van der Waals surface area contributed by atoms with Crippen molar-refractivity contribution in [3.05, 3.63) is 70.6 Å². The van der Waals surface area contributed by atoms with Crippen molar-refractivity contribution in [1.82, 2.24) is 0 Å². The van der Waals surface area contributed by atoms with Crippen molar-refractivity contribution in [3.63, 3.8) is 0 Å². The minimum Gasteiger partial charge on any atom is -0.365 e. The highest BCUT2D eigenvalue weighted by molar-refractivity contribution is 6.09. The molecular formula is C24H24FN3O. The van der Waals surface area contributed by atoms with Gasteiger partial charge in [-0.05, 0) is 63.6 Å². The number of carbonyl (C=O) groups excluding carboxylic acids is 1. The molecule has 0 aliphatic carbocycles. The number of hydrogen-bond acceptors (Lipinski definition) is 3. The number of allylic oxidation sites excluding steroid dienone is 1. The second-order valence-corrected chi connectivity index (χ2v) is 7.92. The summed E-state index contributed by atoms with van der Waals surface area (Å²) < 4.78 is 14.8. The molecule has 29 heavy (non-hydrogen) atoms. The molecule has 3 rings (SSSR count). The second kappa shape index (κ2) is 7.56. The van der Waals surface area contributed by atoms with Crippen LogP contribution in [0, 0.1) is 24.1 Å². The van der Waals surface area contributed by atoms with Gasteiger partial charge in [-0.3, -0.25) is 4.79 Å². The fraction of sp³-hybridized carbons (Fsp3) is 0.250. The van der Waals surface area contributed by atoms with Crippen LogP contribution in [-0.4, -0.2) is 18.5 Å². The number of anilines is 2. The molecule has 0 bridgehead atoms. The maximum atomic E-state index is 14.8. The molecule has 0 unspecified atom stereocenters. The zero-order valence-corrected chi connectivity index (χ0v) is 17.3. The smallest absolute Gasteiger partial charge is 0.266 e. The maximum Gasteiger partial charge on any atom is 0.266 e. The van der Waals surface area contributed by atoms with E-state index < -0.39 is 11.7 Å². The van der Waals surface area contributed by atoms with E-state index in [1.807, 2.05) is 44.0 Å². The molecule has 0 radical (unpaired) electrons. The SMILES string of the molecule is CC1=CC(C)(C)N(C)c2cc(F)c(/C=C(\C#N)C(=O)Nc3ccc(C)cc3)cc21. The minimum atomic E-state index is -0.570. The molecule has 0 aromatic heterocycles. The molecule has 1 heterocycles. The van der Waals surface area contributed by atoms with Crippen LogP contribution in [0.2, 0.25) is 0 Å². The summed E-state index contributed by atoms with van der Waals surface area (Å²) in [5.74, 6) is -1.05. The van der Waals surface area contributed by atoms with Gasteiger partial charge in [0.2, 0.25) is 0 Å². The Morgan fingerprint density at radius 2 is 1.86 bits per heavy atom. The highest BCUT2D eigenvalue weighted by Crippen LogP contribution is 2.39. The number of likely N-dealkylation sites (N-methyl/N-ethyl adjacent to an activating group) is 1. The Hall–Kier alpha value is -3.39. The quantitative estimate of drug-likeness (QED) is 0.572. The molecule has 0 saturated heterocycles. The van der Waals surface area contributed by atoms with E-state index in [9.17, 15) is 14.4 Å². The molecule has 1 aliphatic rings. The topological polar surface area (TPSA) is 56.1 Å². The van der Waals surface area contributed by atoms with Crippen LogP contribution in [0.4, 0.5) is 15.8 Å². The molecule has 2 aromatic carbocycles. The lowest BCUT2D eigenvalue weighted by Gasteiger charge is -2.40. The number of amides is 1. The van der Waals surface area contributed by atoms with Gasteiger partial charge >= 0.3 is 0 Å². The number of halogens is 1. The third-order valence-electron chi connectivity index (χ3n) is 5.31. The molecule has 1 N–H and O–H groups in total. The normalized spacial score (nSPS) is 15.3. The Kier molecular flexibility index (Phi) is 5.30. The molecule has 1 aliphatic heterocycles. The van der Waals surface area contributed by atoms with Crippen LogP contribution in [0.3, 0.4) is 0 Å². The number of fused-ring (bicyclic) bond motifs is 1. The van der Waals surface area contributed by atoms with Crippen molar-refractivity contribution < 1.29 is 9.18 Å². The van der Waals surface area contributed by atoms with Gasteiger partial charge in [0.1, 0.15) is 17.5 Å². The van der Waals surface area contributed by atoms with Crippen LogP contribution in [-0.2, 0) is 4.79 Å². The van der Waals surface area contributed by atoms with Crippen molar-refractivity contribution in [2.45, 2.75) is 33.2 Å². The van der Waals surface area contributed by atoms with Gasteiger partial charge < -0.3 is 10.2 Å². The zero-order chi connectivity index (χ0) is 21.3. The van der Waals surface area contributed by atoms with E-state index in [-0.39, 0.29) is 16.7 Å². The first-order chi connectivity index (χ1) is 13.6. The largest absolute Gasteiger partial charge is 0.365 e. The van der Waals surface area contributed by atoms with Crippen molar-refractivity contribution in [3.8, 4) is 6.07 Å². The number of nitrogens with one attached hydrogen (secondary N) is 1. The second-order valence-electron chi connectivity index (χ2n) is 7.92. The van der Waals surface area contributed by atoms with Crippen LogP contribution in [0.1, 0.15) is 37.5 Å². The molecule has 0 spiro atoms. The third-order valence-corrected chi connectivity index (χ3v) is 5.31. The summed E-state index contributed by atoms with van der Waals surface area (Å²) >= 11 is 0. The molecule has 2 aromatic rings. The summed E-state index contributed by atoms with van der Waals surface area (Å²) in [7, 11) is 1.92. The predicted molar refractivity (Wildman–Crippen MR) is 116 cm³/mol. The first-order valence-corrected chi connectivity index (χ1v) is 9.39. The molecule has 5 heteroatoms. The van der Waals surface area contributed by atoms with E-state index >= 15 is 0 Å². The summed E-state index contributed by atoms with van der Waals surface area (Å²) in [6.07, 6.45) is 3.42. The average molecular weight is 389 g/mol. The van der Waals surface area contributed by atoms with Crippen molar-refractivity contribution in [2.24, 2.45) is 0 Å². The lowest BCUT2D eigenvalue weighted by Crippen LogP contribution is -2.42. The number of nitrogens with zero attached hydrogens (tertiary/aromatic N) is 2. The van der Waals surface area contributed by atoms with Crippen molar-refractivity contribution >= 4 is 28.9 Å². The van der Waals surface area contributed by atoms with E-state index in [4.69, 9.17) is 0 Å². The Balaban J connectivity index is 1.96. The highest BCUT2D eigenvalue weighted by atomic mass is 19.1. The van der Waals surface area contributed by atoms with E-state index in [2.05, 4.69) is 25.2 Å². The van der Waals surface area contributed by atoms with Gasteiger partial charge in [0, 0.05) is 29.5 Å². The summed E-state index contributed by atoms with van der Waals surface area (Å²) in [5, 5.41) is 12.1. The Morgan fingerprint density at radius 1 is 1.21 bits per heavy atom. The summed E-state index contributed by atoms with van der Waals surface area (Å²) in [4.78, 5) is 14.5. The van der Waals surface area contributed by atoms with Gasteiger partial charge in [0.05, 0.1) is 5.54 Å². The number of carbonyl (C=O) groups is 1. The zero-order valence-electron chi connectivity index (χ0n) is 17.3. The molecule has 0 atom stereocenters. The van der Waals surface area contributed by atoms with Gasteiger partial charge in [-0.15, -0.1) is 0 Å². The molecule has 4 nitrogen and oxygen atoms in total. The summed E-state index contributed by atoms with van der Waals surface area (Å²) in [5.41, 5.74) is 4.16. The van der Waals surface area contributed by atoms with E-state index in [1.165, 1.54) is 12.1 Å². The van der Waals surface area contributed by atoms with Gasteiger partial charge in [-0.2, -0.15) is 5.26 Å². The monoisotopic (exact) mass is 389 g/mol. The van der Waals surface area contributed by atoms with Gasteiger partial charge in [-0.1, -0.05) is 23.8 Å². The number of hydrogen-bond donors (Lipinski definition) is 1. The van der Waals surface area contributed by atoms with E-state index in [0.717, 1.165) is 22.4 Å². The predicted octanol–water partition coefficient (Wildman–Crippen LogP) is 5.31. The van der Waals surface area contributed by atoms with Crippen LogP contribution in [0.5, 0.6) is 0 Å². The number of aryl methyl sites for hydroxylation is 1. The van der Waals surface area contributed by atoms with Gasteiger partial charge in [0.15, 0.2) is 0 Å². The molecule has 1 amide bonds.